The van der Waals surface area contributed by atoms with Crippen molar-refractivity contribution in [3.05, 3.63) is 97.1 Å². The molecule has 0 radical (unpaired) electrons. The largest absolute Gasteiger partial charge is 0.487 e. The molecule has 0 aliphatic heterocycles. The number of halogens is 4. The molecule has 0 saturated heterocycles. The zero-order valence-corrected chi connectivity index (χ0v) is 19.8. The highest BCUT2D eigenvalue weighted by Gasteiger charge is 2.15. The van der Waals surface area contributed by atoms with Crippen molar-refractivity contribution in [3.63, 3.8) is 0 Å². The van der Waals surface area contributed by atoms with Crippen LogP contribution >= 0.6 is 43.5 Å². The van der Waals surface area contributed by atoms with Crippen LogP contribution in [-0.4, -0.2) is 5.91 Å². The molecule has 0 fully saturated rings. The molecular formula is C23H14Br2ClFN2O2. The number of nitrogens with one attached hydrogen (secondary N) is 1. The first-order valence-corrected chi connectivity index (χ1v) is 10.9. The van der Waals surface area contributed by atoms with Gasteiger partial charge in [0.1, 0.15) is 29.8 Å². The minimum atomic E-state index is -0.601. The van der Waals surface area contributed by atoms with Crippen molar-refractivity contribution < 1.29 is 13.9 Å². The van der Waals surface area contributed by atoms with E-state index in [1.165, 1.54) is 18.2 Å². The molecule has 0 saturated carbocycles. The summed E-state index contributed by atoms with van der Waals surface area (Å²) in [5.74, 6) is -0.498. The van der Waals surface area contributed by atoms with Crippen molar-refractivity contribution in [1.29, 1.82) is 5.26 Å². The predicted octanol–water partition coefficient (Wildman–Crippen LogP) is 7.13. The molecule has 0 aliphatic carbocycles. The summed E-state index contributed by atoms with van der Waals surface area (Å²) in [6, 6.07) is 18.1. The molecule has 156 valence electrons. The number of carbonyl (C=O) groups excluding carboxylic acids is 1. The van der Waals surface area contributed by atoms with Gasteiger partial charge in [0, 0.05) is 10.0 Å². The van der Waals surface area contributed by atoms with Crippen molar-refractivity contribution in [2.75, 3.05) is 5.32 Å². The summed E-state index contributed by atoms with van der Waals surface area (Å²) in [4.78, 5) is 12.6. The van der Waals surface area contributed by atoms with Gasteiger partial charge in [0.05, 0.1) is 15.2 Å². The monoisotopic (exact) mass is 562 g/mol. The van der Waals surface area contributed by atoms with E-state index in [9.17, 15) is 14.4 Å². The number of rotatable bonds is 6. The first-order chi connectivity index (χ1) is 14.9. The molecule has 0 unspecified atom stereocenters. The third-order valence-electron chi connectivity index (χ3n) is 4.12. The molecular weight excluding hydrogens is 551 g/mol. The van der Waals surface area contributed by atoms with E-state index in [1.807, 2.05) is 6.07 Å². The number of benzene rings is 3. The van der Waals surface area contributed by atoms with Crippen molar-refractivity contribution in [2.24, 2.45) is 0 Å². The Morgan fingerprint density at radius 3 is 2.55 bits per heavy atom. The molecule has 0 atom stereocenters. The Labute approximate surface area is 200 Å². The minimum Gasteiger partial charge on any atom is -0.487 e. The van der Waals surface area contributed by atoms with Gasteiger partial charge in [-0.2, -0.15) is 5.26 Å². The van der Waals surface area contributed by atoms with Gasteiger partial charge in [-0.05, 0) is 64.0 Å². The Hall–Kier alpha value is -2.66. The number of para-hydroxylation sites is 1. The van der Waals surface area contributed by atoms with Crippen LogP contribution in [-0.2, 0) is 11.4 Å². The van der Waals surface area contributed by atoms with E-state index >= 15 is 0 Å². The number of carbonyl (C=O) groups is 1. The van der Waals surface area contributed by atoms with E-state index < -0.39 is 5.91 Å². The second-order valence-corrected chi connectivity index (χ2v) is 8.50. The van der Waals surface area contributed by atoms with Crippen LogP contribution in [0.15, 0.2) is 75.2 Å². The van der Waals surface area contributed by atoms with Crippen LogP contribution in [0.5, 0.6) is 5.75 Å². The van der Waals surface area contributed by atoms with Crippen LogP contribution in [0.25, 0.3) is 6.08 Å². The Kier molecular flexibility index (Phi) is 7.85. The topological polar surface area (TPSA) is 62.1 Å². The molecule has 0 aliphatic rings. The van der Waals surface area contributed by atoms with Crippen LogP contribution in [0.2, 0.25) is 5.02 Å². The van der Waals surface area contributed by atoms with E-state index in [4.69, 9.17) is 16.3 Å². The lowest BCUT2D eigenvalue weighted by atomic mass is 10.1. The van der Waals surface area contributed by atoms with E-state index in [0.29, 0.717) is 26.5 Å². The fourth-order valence-electron chi connectivity index (χ4n) is 2.63. The van der Waals surface area contributed by atoms with Gasteiger partial charge in [-0.15, -0.1) is 0 Å². The fourth-order valence-corrected chi connectivity index (χ4v) is 4.19. The first-order valence-electron chi connectivity index (χ1n) is 8.91. The van der Waals surface area contributed by atoms with Crippen molar-refractivity contribution >= 4 is 61.1 Å². The van der Waals surface area contributed by atoms with Crippen LogP contribution < -0.4 is 10.1 Å². The van der Waals surface area contributed by atoms with E-state index in [0.717, 1.165) is 10.0 Å². The Bertz CT molecular complexity index is 1190. The summed E-state index contributed by atoms with van der Waals surface area (Å²) in [5, 5.41) is 12.6. The average molecular weight is 565 g/mol. The molecule has 4 nitrogen and oxygen atoms in total. The lowest BCUT2D eigenvalue weighted by Gasteiger charge is -2.13. The Morgan fingerprint density at radius 2 is 1.87 bits per heavy atom. The molecule has 8 heteroatoms. The summed E-state index contributed by atoms with van der Waals surface area (Å²) in [6.07, 6.45) is 1.43. The number of nitrogens with zero attached hydrogens (tertiary/aromatic N) is 1. The van der Waals surface area contributed by atoms with Crippen molar-refractivity contribution in [3.8, 4) is 11.8 Å². The third-order valence-corrected chi connectivity index (χ3v) is 5.50. The number of hydrogen-bond donors (Lipinski definition) is 1. The second-order valence-electron chi connectivity index (χ2n) is 6.32. The lowest BCUT2D eigenvalue weighted by Crippen LogP contribution is -2.13. The van der Waals surface area contributed by atoms with E-state index in [1.54, 1.807) is 48.5 Å². The van der Waals surface area contributed by atoms with Crippen LogP contribution in [0, 0.1) is 17.1 Å². The van der Waals surface area contributed by atoms with E-state index in [2.05, 4.69) is 37.2 Å². The van der Waals surface area contributed by atoms with Crippen LogP contribution in [0.1, 0.15) is 11.1 Å². The maximum Gasteiger partial charge on any atom is 0.266 e. The number of anilines is 1. The first kappa shape index (κ1) is 23.0. The summed E-state index contributed by atoms with van der Waals surface area (Å²) in [5.41, 5.74) is 1.55. The van der Waals surface area contributed by atoms with Gasteiger partial charge in [0.25, 0.3) is 5.91 Å². The molecule has 31 heavy (non-hydrogen) atoms. The predicted molar refractivity (Wildman–Crippen MR) is 126 cm³/mol. The summed E-state index contributed by atoms with van der Waals surface area (Å²) in [6.45, 7) is 0.176. The fraction of sp³-hybridized carbons (Fsp3) is 0.0435. The number of amides is 1. The van der Waals surface area contributed by atoms with Gasteiger partial charge in [-0.1, -0.05) is 51.8 Å². The Morgan fingerprint density at radius 1 is 1.16 bits per heavy atom. The zero-order valence-electron chi connectivity index (χ0n) is 15.8. The summed E-state index contributed by atoms with van der Waals surface area (Å²) >= 11 is 12.9. The van der Waals surface area contributed by atoms with Crippen molar-refractivity contribution in [1.82, 2.24) is 0 Å². The van der Waals surface area contributed by atoms with Gasteiger partial charge >= 0.3 is 0 Å². The molecule has 1 N–H and O–H groups in total. The molecule has 0 aromatic heterocycles. The highest BCUT2D eigenvalue weighted by Crippen LogP contribution is 2.35. The zero-order chi connectivity index (χ0) is 22.4. The van der Waals surface area contributed by atoms with Crippen molar-refractivity contribution in [2.45, 2.75) is 6.61 Å². The molecule has 3 aromatic carbocycles. The third kappa shape index (κ3) is 6.17. The van der Waals surface area contributed by atoms with Gasteiger partial charge in [0.2, 0.25) is 0 Å². The maximum atomic E-state index is 13.1. The smallest absolute Gasteiger partial charge is 0.266 e. The molecule has 3 rings (SSSR count). The van der Waals surface area contributed by atoms with Gasteiger partial charge in [-0.25, -0.2) is 4.39 Å². The minimum absolute atomic E-state index is 0.128. The van der Waals surface area contributed by atoms with Gasteiger partial charge < -0.3 is 10.1 Å². The normalized spacial score (nSPS) is 11.0. The van der Waals surface area contributed by atoms with Gasteiger partial charge in [0.15, 0.2) is 0 Å². The summed E-state index contributed by atoms with van der Waals surface area (Å²) in [7, 11) is 0. The SMILES string of the molecule is N#C/C(=C\c1cc(Br)cc(Br)c1OCc1ccc(F)cc1)C(=O)Nc1ccccc1Cl. The quantitative estimate of drug-likeness (QED) is 0.256. The van der Waals surface area contributed by atoms with Crippen LogP contribution in [0.4, 0.5) is 10.1 Å². The molecule has 1 amide bonds. The van der Waals surface area contributed by atoms with E-state index in [-0.39, 0.29) is 18.0 Å². The second kappa shape index (κ2) is 10.6. The highest BCUT2D eigenvalue weighted by atomic mass is 79.9. The highest BCUT2D eigenvalue weighted by molar-refractivity contribution is 9.11. The number of ether oxygens (including phenoxy) is 1. The summed E-state index contributed by atoms with van der Waals surface area (Å²) < 4.78 is 20.4. The number of nitriles is 1. The van der Waals surface area contributed by atoms with Crippen LogP contribution in [0.3, 0.4) is 0 Å². The maximum absolute atomic E-state index is 13.1. The standard InChI is InChI=1S/C23H14Br2ClFN2O2/c24-17-10-15(9-16(12-28)23(30)29-21-4-2-1-3-20(21)26)22(19(25)11-17)31-13-14-5-7-18(27)8-6-14/h1-11H,13H2,(H,29,30)/b16-9+. The molecule has 0 bridgehead atoms. The molecule has 0 heterocycles. The molecule has 3 aromatic rings. The lowest BCUT2D eigenvalue weighted by molar-refractivity contribution is -0.112. The van der Waals surface area contributed by atoms with Gasteiger partial charge in [-0.3, -0.25) is 4.79 Å². The average Bonchev–Trinajstić information content (AvgIpc) is 2.74. The number of hydrogen-bond acceptors (Lipinski definition) is 3. The Balaban J connectivity index is 1.89. The molecule has 0 spiro atoms.